The average Bonchev–Trinajstić information content (AvgIpc) is 3.61. The molecular formula is C46H36BN3O3. The van der Waals surface area contributed by atoms with E-state index in [1.54, 1.807) is 0 Å². The summed E-state index contributed by atoms with van der Waals surface area (Å²) in [6.07, 6.45) is 0. The largest absolute Gasteiger partial charge is 0.494 e. The Hall–Kier alpha value is -5.89. The molecule has 1 saturated heterocycles. The summed E-state index contributed by atoms with van der Waals surface area (Å²) in [7, 11) is -0.508. The zero-order chi connectivity index (χ0) is 36.0. The van der Waals surface area contributed by atoms with E-state index in [0.717, 1.165) is 44.8 Å². The van der Waals surface area contributed by atoms with Crippen molar-refractivity contribution in [3.05, 3.63) is 168 Å². The van der Waals surface area contributed by atoms with Crippen LogP contribution in [0.1, 0.15) is 49.9 Å². The van der Waals surface area contributed by atoms with Crippen LogP contribution in [-0.4, -0.2) is 33.3 Å². The molecule has 7 aromatic rings. The SMILES string of the molecule is CC1(C)OB(c2cccc(-c3nc(-c4ccccc4)nc(-c4ccc5c(c4)C4(c6ccccc6O5)c5ccccc5-c5ccccc54)n3)c2)OC1(C)C. The topological polar surface area (TPSA) is 66.4 Å². The Morgan fingerprint density at radius 2 is 0.943 bits per heavy atom. The van der Waals surface area contributed by atoms with Crippen LogP contribution in [0.4, 0.5) is 0 Å². The third-order valence-corrected chi connectivity index (χ3v) is 11.4. The first-order chi connectivity index (χ1) is 25.7. The van der Waals surface area contributed by atoms with Gasteiger partial charge in [0.15, 0.2) is 17.5 Å². The minimum absolute atomic E-state index is 0.455. The van der Waals surface area contributed by atoms with Crippen molar-refractivity contribution in [1.29, 1.82) is 0 Å². The fraction of sp³-hybridized carbons (Fsp3) is 0.152. The van der Waals surface area contributed by atoms with Gasteiger partial charge in [-0.05, 0) is 79.7 Å². The lowest BCUT2D eigenvalue weighted by Gasteiger charge is -2.39. The fourth-order valence-electron chi connectivity index (χ4n) is 8.15. The first-order valence-electron chi connectivity index (χ1n) is 18.1. The lowest BCUT2D eigenvalue weighted by atomic mass is 9.66. The zero-order valence-electron chi connectivity index (χ0n) is 30.0. The summed E-state index contributed by atoms with van der Waals surface area (Å²) in [5.41, 5.74) is 9.12. The Morgan fingerprint density at radius 3 is 1.60 bits per heavy atom. The third kappa shape index (κ3) is 4.77. The van der Waals surface area contributed by atoms with Gasteiger partial charge in [0.05, 0.1) is 16.6 Å². The molecule has 0 atom stereocenters. The van der Waals surface area contributed by atoms with Gasteiger partial charge in [-0.3, -0.25) is 0 Å². The van der Waals surface area contributed by atoms with Gasteiger partial charge in [-0.2, -0.15) is 0 Å². The summed E-state index contributed by atoms with van der Waals surface area (Å²) < 4.78 is 19.5. The predicted octanol–water partition coefficient (Wildman–Crippen LogP) is 9.64. The molecule has 53 heavy (non-hydrogen) atoms. The van der Waals surface area contributed by atoms with Gasteiger partial charge in [0.1, 0.15) is 11.5 Å². The van der Waals surface area contributed by atoms with Gasteiger partial charge in [0, 0.05) is 27.8 Å². The normalized spacial score (nSPS) is 16.7. The molecule has 1 aromatic heterocycles. The van der Waals surface area contributed by atoms with Gasteiger partial charge >= 0.3 is 7.12 Å². The number of benzene rings is 6. The van der Waals surface area contributed by atoms with Gasteiger partial charge in [-0.1, -0.05) is 121 Å². The maximum Gasteiger partial charge on any atom is 0.494 e. The van der Waals surface area contributed by atoms with E-state index in [1.807, 2.05) is 54.6 Å². The number of para-hydroxylation sites is 1. The molecule has 1 aliphatic carbocycles. The maximum atomic E-state index is 6.69. The second-order valence-corrected chi connectivity index (χ2v) is 15.0. The second-order valence-electron chi connectivity index (χ2n) is 15.0. The highest BCUT2D eigenvalue weighted by Crippen LogP contribution is 2.62. The molecule has 0 amide bonds. The zero-order valence-corrected chi connectivity index (χ0v) is 30.0. The molecule has 3 aliphatic rings. The number of ether oxygens (including phenoxy) is 1. The Bertz CT molecular complexity index is 2520. The Labute approximate surface area is 309 Å². The molecule has 0 bridgehead atoms. The molecule has 256 valence electrons. The van der Waals surface area contributed by atoms with E-state index in [0.29, 0.717) is 17.5 Å². The monoisotopic (exact) mass is 689 g/mol. The summed E-state index contributed by atoms with van der Waals surface area (Å²) in [4.78, 5) is 15.3. The van der Waals surface area contributed by atoms with Crippen molar-refractivity contribution in [2.45, 2.75) is 44.3 Å². The average molecular weight is 690 g/mol. The van der Waals surface area contributed by atoms with Crippen LogP contribution in [0.25, 0.3) is 45.3 Å². The van der Waals surface area contributed by atoms with Crippen molar-refractivity contribution in [3.8, 4) is 56.8 Å². The molecule has 7 heteroatoms. The minimum Gasteiger partial charge on any atom is -0.457 e. The van der Waals surface area contributed by atoms with Crippen molar-refractivity contribution >= 4 is 12.6 Å². The highest BCUT2D eigenvalue weighted by Gasteiger charge is 2.52. The van der Waals surface area contributed by atoms with Crippen molar-refractivity contribution in [2.24, 2.45) is 0 Å². The molecule has 0 radical (unpaired) electrons. The van der Waals surface area contributed by atoms with Crippen LogP contribution in [0, 0.1) is 0 Å². The number of hydrogen-bond acceptors (Lipinski definition) is 6. The van der Waals surface area contributed by atoms with Gasteiger partial charge in [-0.25, -0.2) is 15.0 Å². The molecule has 1 fully saturated rings. The smallest absolute Gasteiger partial charge is 0.457 e. The molecule has 10 rings (SSSR count). The van der Waals surface area contributed by atoms with Crippen molar-refractivity contribution in [2.75, 3.05) is 0 Å². The van der Waals surface area contributed by atoms with Crippen LogP contribution >= 0.6 is 0 Å². The summed E-state index contributed by atoms with van der Waals surface area (Å²) in [5.74, 6) is 3.41. The van der Waals surface area contributed by atoms with E-state index in [-0.39, 0.29) is 0 Å². The van der Waals surface area contributed by atoms with Crippen molar-refractivity contribution in [1.82, 2.24) is 15.0 Å². The molecule has 3 heterocycles. The lowest BCUT2D eigenvalue weighted by molar-refractivity contribution is 0.00578. The first-order valence-corrected chi connectivity index (χ1v) is 18.1. The van der Waals surface area contributed by atoms with Crippen molar-refractivity contribution in [3.63, 3.8) is 0 Å². The molecule has 0 saturated carbocycles. The first kappa shape index (κ1) is 31.8. The standard InChI is InChI=1S/C46H36BN3O3/c1-44(2)45(3,4)53-47(52-44)32-18-14-17-30(27-32)42-48-41(29-15-6-5-7-16-29)49-43(50-42)31-25-26-40-38(28-31)46(37-23-12-13-24-39(37)51-40)35-21-10-8-19-33(35)34-20-9-11-22-36(34)46/h5-28H,1-4H3. The number of fused-ring (bicyclic) bond motifs is 9. The van der Waals surface area contributed by atoms with Gasteiger partial charge < -0.3 is 14.0 Å². The Morgan fingerprint density at radius 1 is 0.434 bits per heavy atom. The number of aromatic nitrogens is 3. The van der Waals surface area contributed by atoms with Gasteiger partial charge in [0.25, 0.3) is 0 Å². The van der Waals surface area contributed by atoms with Crippen LogP contribution < -0.4 is 10.2 Å². The van der Waals surface area contributed by atoms with E-state index >= 15 is 0 Å². The molecule has 6 aromatic carbocycles. The highest BCUT2D eigenvalue weighted by atomic mass is 16.7. The molecule has 2 aliphatic heterocycles. The third-order valence-electron chi connectivity index (χ3n) is 11.4. The second kappa shape index (κ2) is 11.6. The minimum atomic E-state index is -0.595. The summed E-state index contributed by atoms with van der Waals surface area (Å²) in [6, 6.07) is 50.4. The van der Waals surface area contributed by atoms with E-state index in [2.05, 4.69) is 119 Å². The molecule has 1 spiro atoms. The van der Waals surface area contributed by atoms with Crippen LogP contribution in [0.15, 0.2) is 146 Å². The quantitative estimate of drug-likeness (QED) is 0.172. The predicted molar refractivity (Wildman–Crippen MR) is 209 cm³/mol. The number of nitrogens with zero attached hydrogens (tertiary/aromatic N) is 3. The number of hydrogen-bond donors (Lipinski definition) is 0. The van der Waals surface area contributed by atoms with Crippen LogP contribution in [0.2, 0.25) is 0 Å². The van der Waals surface area contributed by atoms with Crippen LogP contribution in [0.3, 0.4) is 0 Å². The van der Waals surface area contributed by atoms with Crippen LogP contribution in [-0.2, 0) is 14.7 Å². The van der Waals surface area contributed by atoms with E-state index in [4.69, 9.17) is 29.0 Å². The van der Waals surface area contributed by atoms with E-state index in [9.17, 15) is 0 Å². The highest BCUT2D eigenvalue weighted by molar-refractivity contribution is 6.62. The van der Waals surface area contributed by atoms with E-state index < -0.39 is 23.7 Å². The van der Waals surface area contributed by atoms with E-state index in [1.165, 1.54) is 22.3 Å². The fourth-order valence-corrected chi connectivity index (χ4v) is 8.15. The summed E-state index contributed by atoms with van der Waals surface area (Å²) in [5, 5.41) is 0. The van der Waals surface area contributed by atoms with Crippen molar-refractivity contribution < 1.29 is 14.0 Å². The Kier molecular flexibility index (Phi) is 6.94. The maximum absolute atomic E-state index is 6.69. The Balaban J connectivity index is 1.17. The number of rotatable bonds is 4. The molecular weight excluding hydrogens is 653 g/mol. The van der Waals surface area contributed by atoms with Crippen LogP contribution in [0.5, 0.6) is 11.5 Å². The molecule has 0 unspecified atom stereocenters. The van der Waals surface area contributed by atoms with Gasteiger partial charge in [0.2, 0.25) is 0 Å². The lowest BCUT2D eigenvalue weighted by Crippen LogP contribution is -2.41. The summed E-state index contributed by atoms with van der Waals surface area (Å²) >= 11 is 0. The summed E-state index contributed by atoms with van der Waals surface area (Å²) in [6.45, 7) is 8.26. The molecule has 6 nitrogen and oxygen atoms in total. The molecule has 0 N–H and O–H groups in total. The van der Waals surface area contributed by atoms with Gasteiger partial charge in [-0.15, -0.1) is 0 Å².